The number of hydrogen-bond acceptors (Lipinski definition) is 3. The molecule has 1 aromatic rings. The van der Waals surface area contributed by atoms with Crippen molar-refractivity contribution in [2.24, 2.45) is 0 Å². The number of aliphatic carboxylic acids is 1. The van der Waals surface area contributed by atoms with Gasteiger partial charge < -0.3 is 15.7 Å². The summed E-state index contributed by atoms with van der Waals surface area (Å²) in [5, 5.41) is 13.7. The van der Waals surface area contributed by atoms with E-state index in [9.17, 15) is 14.4 Å². The molecule has 0 aliphatic heterocycles. The minimum atomic E-state index is -1.10. The van der Waals surface area contributed by atoms with Gasteiger partial charge in [0.15, 0.2) is 0 Å². The predicted molar refractivity (Wildman–Crippen MR) is 87.3 cm³/mol. The summed E-state index contributed by atoms with van der Waals surface area (Å²) in [4.78, 5) is 34.1. The van der Waals surface area contributed by atoms with Gasteiger partial charge in [-0.15, -0.1) is 0 Å². The maximum Gasteiger partial charge on any atom is 0.325 e. The Balaban J connectivity index is 2.45. The predicted octanol–water partition coefficient (Wildman–Crippen LogP) is 1.69. The van der Waals surface area contributed by atoms with Crippen LogP contribution >= 0.6 is 0 Å². The highest BCUT2D eigenvalue weighted by molar-refractivity contribution is 5.94. The first kappa shape index (κ1) is 18.7. The number of amides is 2. The van der Waals surface area contributed by atoms with E-state index >= 15 is 0 Å². The van der Waals surface area contributed by atoms with Gasteiger partial charge in [0.1, 0.15) is 6.04 Å². The number of carbonyl (C=O) groups excluding carboxylic acids is 2. The first-order chi connectivity index (χ1) is 10.6. The average Bonchev–Trinajstić information content (AvgIpc) is 2.46. The smallest absolute Gasteiger partial charge is 0.325 e. The second-order valence-corrected chi connectivity index (χ2v) is 6.46. The highest BCUT2D eigenvalue weighted by atomic mass is 16.4. The van der Waals surface area contributed by atoms with E-state index in [2.05, 4.69) is 31.4 Å². The molecule has 6 nitrogen and oxygen atoms in total. The Kier molecular flexibility index (Phi) is 6.30. The summed E-state index contributed by atoms with van der Waals surface area (Å²) in [6, 6.07) is 6.39. The van der Waals surface area contributed by atoms with E-state index in [1.54, 1.807) is 12.1 Å². The topological polar surface area (TPSA) is 95.5 Å². The number of carboxylic acid groups (broad SMARTS) is 1. The molecule has 23 heavy (non-hydrogen) atoms. The molecular formula is C17H24N2O4. The molecule has 0 bridgehead atoms. The molecular weight excluding hydrogens is 296 g/mol. The lowest BCUT2D eigenvalue weighted by Gasteiger charge is -2.19. The zero-order valence-electron chi connectivity index (χ0n) is 14.0. The van der Waals surface area contributed by atoms with Crippen LogP contribution in [0.2, 0.25) is 0 Å². The zero-order valence-corrected chi connectivity index (χ0v) is 14.0. The van der Waals surface area contributed by atoms with Crippen LogP contribution in [0, 0.1) is 0 Å². The molecule has 0 aromatic heterocycles. The SMILES string of the molecule is C[C@@H](NC(=O)CCNC(=O)c1ccc(C(C)(C)C)cc1)C(=O)O. The molecule has 3 N–H and O–H groups in total. The van der Waals surface area contributed by atoms with Crippen LogP contribution in [0.5, 0.6) is 0 Å². The molecule has 1 atom stereocenters. The van der Waals surface area contributed by atoms with E-state index in [1.807, 2.05) is 12.1 Å². The molecule has 126 valence electrons. The Bertz CT molecular complexity index is 573. The summed E-state index contributed by atoms with van der Waals surface area (Å²) in [5.41, 5.74) is 1.68. The van der Waals surface area contributed by atoms with Gasteiger partial charge >= 0.3 is 5.97 Å². The molecule has 1 aromatic carbocycles. The van der Waals surface area contributed by atoms with E-state index in [1.165, 1.54) is 6.92 Å². The summed E-state index contributed by atoms with van der Waals surface area (Å²) in [5.74, 6) is -1.77. The lowest BCUT2D eigenvalue weighted by Crippen LogP contribution is -2.39. The molecule has 0 radical (unpaired) electrons. The van der Waals surface area contributed by atoms with Crippen LogP contribution in [0.1, 0.15) is 50.0 Å². The van der Waals surface area contributed by atoms with E-state index < -0.39 is 17.9 Å². The van der Waals surface area contributed by atoms with Crippen LogP contribution in [-0.2, 0) is 15.0 Å². The molecule has 0 saturated carbocycles. The minimum Gasteiger partial charge on any atom is -0.480 e. The van der Waals surface area contributed by atoms with Gasteiger partial charge in [-0.25, -0.2) is 0 Å². The third-order valence-corrected chi connectivity index (χ3v) is 3.40. The summed E-state index contributed by atoms with van der Waals surface area (Å²) < 4.78 is 0. The number of carbonyl (C=O) groups is 3. The summed E-state index contributed by atoms with van der Waals surface area (Å²) in [6.07, 6.45) is 0.0312. The molecule has 0 aliphatic rings. The van der Waals surface area contributed by atoms with Crippen molar-refractivity contribution in [1.82, 2.24) is 10.6 Å². The molecule has 0 spiro atoms. The van der Waals surface area contributed by atoms with Gasteiger partial charge in [0.2, 0.25) is 5.91 Å². The van der Waals surface area contributed by atoms with E-state index in [-0.39, 0.29) is 24.3 Å². The van der Waals surface area contributed by atoms with Crippen molar-refractivity contribution in [2.45, 2.75) is 45.6 Å². The van der Waals surface area contributed by atoms with Crippen LogP contribution in [0.4, 0.5) is 0 Å². The van der Waals surface area contributed by atoms with Gasteiger partial charge in [-0.05, 0) is 30.0 Å². The second kappa shape index (κ2) is 7.76. The van der Waals surface area contributed by atoms with Crippen molar-refractivity contribution in [2.75, 3.05) is 6.54 Å². The Labute approximate surface area is 136 Å². The van der Waals surface area contributed by atoms with Gasteiger partial charge in [-0.1, -0.05) is 32.9 Å². The van der Waals surface area contributed by atoms with Crippen molar-refractivity contribution in [3.63, 3.8) is 0 Å². The number of nitrogens with one attached hydrogen (secondary N) is 2. The molecule has 0 unspecified atom stereocenters. The Morgan fingerprint density at radius 3 is 2.17 bits per heavy atom. The Hall–Kier alpha value is -2.37. The summed E-state index contributed by atoms with van der Waals surface area (Å²) >= 11 is 0. The molecule has 0 fully saturated rings. The number of benzene rings is 1. The highest BCUT2D eigenvalue weighted by Gasteiger charge is 2.15. The van der Waals surface area contributed by atoms with Crippen molar-refractivity contribution in [1.29, 1.82) is 0 Å². The fourth-order valence-electron chi connectivity index (χ4n) is 1.89. The molecule has 2 amide bonds. The normalized spacial score (nSPS) is 12.3. The van der Waals surface area contributed by atoms with E-state index in [0.29, 0.717) is 5.56 Å². The molecule has 0 aliphatic carbocycles. The van der Waals surface area contributed by atoms with E-state index in [4.69, 9.17) is 5.11 Å². The summed E-state index contributed by atoms with van der Waals surface area (Å²) in [7, 11) is 0. The van der Waals surface area contributed by atoms with Crippen molar-refractivity contribution in [3.8, 4) is 0 Å². The first-order valence-corrected chi connectivity index (χ1v) is 7.52. The maximum absolute atomic E-state index is 12.0. The number of rotatable bonds is 6. The van der Waals surface area contributed by atoms with Crippen molar-refractivity contribution < 1.29 is 19.5 Å². The van der Waals surface area contributed by atoms with Gasteiger partial charge in [0.05, 0.1) is 0 Å². The van der Waals surface area contributed by atoms with Crippen LogP contribution in [0.25, 0.3) is 0 Å². The van der Waals surface area contributed by atoms with Crippen LogP contribution in [-0.4, -0.2) is 35.5 Å². The van der Waals surface area contributed by atoms with Gasteiger partial charge in [-0.3, -0.25) is 14.4 Å². The van der Waals surface area contributed by atoms with Crippen LogP contribution in [0.3, 0.4) is 0 Å². The largest absolute Gasteiger partial charge is 0.480 e. The van der Waals surface area contributed by atoms with Gasteiger partial charge in [0, 0.05) is 18.5 Å². The fourth-order valence-corrected chi connectivity index (χ4v) is 1.89. The third kappa shape index (κ3) is 6.10. The quantitative estimate of drug-likeness (QED) is 0.743. The Morgan fingerprint density at radius 2 is 1.70 bits per heavy atom. The lowest BCUT2D eigenvalue weighted by atomic mass is 9.87. The number of carboxylic acids is 1. The Morgan fingerprint density at radius 1 is 1.13 bits per heavy atom. The second-order valence-electron chi connectivity index (χ2n) is 6.46. The summed E-state index contributed by atoms with van der Waals surface area (Å²) in [6.45, 7) is 7.82. The highest BCUT2D eigenvalue weighted by Crippen LogP contribution is 2.22. The zero-order chi connectivity index (χ0) is 17.6. The van der Waals surface area contributed by atoms with Crippen molar-refractivity contribution >= 4 is 17.8 Å². The minimum absolute atomic E-state index is 0.0218. The van der Waals surface area contributed by atoms with Crippen LogP contribution < -0.4 is 10.6 Å². The van der Waals surface area contributed by atoms with Gasteiger partial charge in [-0.2, -0.15) is 0 Å². The van der Waals surface area contributed by atoms with Crippen molar-refractivity contribution in [3.05, 3.63) is 35.4 Å². The monoisotopic (exact) mass is 320 g/mol. The lowest BCUT2D eigenvalue weighted by molar-refractivity contribution is -0.141. The molecule has 0 saturated heterocycles. The standard InChI is InChI=1S/C17H24N2O4/c1-11(16(22)23)19-14(20)9-10-18-15(21)12-5-7-13(8-6-12)17(2,3)4/h5-8,11H,9-10H2,1-4H3,(H,18,21)(H,19,20)(H,22,23)/t11-/m1/s1. The molecule has 1 rings (SSSR count). The number of hydrogen-bond donors (Lipinski definition) is 3. The molecule has 6 heteroatoms. The van der Waals surface area contributed by atoms with E-state index in [0.717, 1.165) is 5.56 Å². The average molecular weight is 320 g/mol. The molecule has 0 heterocycles. The van der Waals surface area contributed by atoms with Crippen LogP contribution in [0.15, 0.2) is 24.3 Å². The fraction of sp³-hybridized carbons (Fsp3) is 0.471. The maximum atomic E-state index is 12.0. The third-order valence-electron chi connectivity index (χ3n) is 3.40. The van der Waals surface area contributed by atoms with Gasteiger partial charge in [0.25, 0.3) is 5.91 Å². The first-order valence-electron chi connectivity index (χ1n) is 7.52.